The second-order valence-corrected chi connectivity index (χ2v) is 7.66. The molecule has 0 aliphatic rings. The molecule has 0 heterocycles. The number of nitrogens with zero attached hydrogens (tertiary/aromatic N) is 2. The molecule has 2 N–H and O–H groups in total. The van der Waals surface area contributed by atoms with E-state index in [2.05, 4.69) is 10.6 Å². The Kier molecular flexibility index (Phi) is 5.58. The minimum Gasteiger partial charge on any atom is -0.383 e. The molecule has 0 spiro atoms. The van der Waals surface area contributed by atoms with E-state index in [9.17, 15) is 23.3 Å². The van der Waals surface area contributed by atoms with Crippen LogP contribution in [0.5, 0.6) is 0 Å². The van der Waals surface area contributed by atoms with Crippen LogP contribution >= 0.6 is 0 Å². The van der Waals surface area contributed by atoms with Crippen LogP contribution in [0.2, 0.25) is 0 Å². The summed E-state index contributed by atoms with van der Waals surface area (Å²) >= 11 is 0. The number of hydrogen-bond donors (Lipinski definition) is 2. The first-order valence-electron chi connectivity index (χ1n) is 7.47. The fourth-order valence-corrected chi connectivity index (χ4v) is 3.06. The lowest BCUT2D eigenvalue weighted by molar-refractivity contribution is -0.384. The van der Waals surface area contributed by atoms with Gasteiger partial charge in [-0.3, -0.25) is 14.9 Å². The molecule has 0 bridgehead atoms. The van der Waals surface area contributed by atoms with E-state index in [1.54, 1.807) is 7.05 Å². The van der Waals surface area contributed by atoms with E-state index in [0.717, 1.165) is 4.31 Å². The molecule has 2 rings (SSSR count). The summed E-state index contributed by atoms with van der Waals surface area (Å²) in [4.78, 5) is 22.9. The molecule has 0 fully saturated rings. The predicted octanol–water partition coefficient (Wildman–Crippen LogP) is 2.14. The van der Waals surface area contributed by atoms with Gasteiger partial charge in [0, 0.05) is 38.5 Å². The van der Waals surface area contributed by atoms with Gasteiger partial charge < -0.3 is 10.6 Å². The van der Waals surface area contributed by atoms with E-state index in [0.29, 0.717) is 11.4 Å². The zero-order valence-corrected chi connectivity index (χ0v) is 15.2. The van der Waals surface area contributed by atoms with Crippen molar-refractivity contribution in [3.05, 3.63) is 58.1 Å². The molecule has 0 unspecified atom stereocenters. The van der Waals surface area contributed by atoms with Crippen LogP contribution in [0.3, 0.4) is 0 Å². The number of anilines is 2. The number of carbonyl (C=O) groups is 1. The van der Waals surface area contributed by atoms with Gasteiger partial charge in [-0.25, -0.2) is 12.7 Å². The number of nitro groups is 1. The van der Waals surface area contributed by atoms with Gasteiger partial charge in [0.25, 0.3) is 11.6 Å². The molecular weight excluding hydrogens is 360 g/mol. The average molecular weight is 378 g/mol. The van der Waals surface area contributed by atoms with Crippen molar-refractivity contribution in [2.45, 2.75) is 4.90 Å². The molecular formula is C16H18N4O5S. The van der Waals surface area contributed by atoms with Crippen LogP contribution in [0.15, 0.2) is 47.4 Å². The second-order valence-electron chi connectivity index (χ2n) is 5.50. The van der Waals surface area contributed by atoms with Gasteiger partial charge in [0.1, 0.15) is 5.69 Å². The van der Waals surface area contributed by atoms with E-state index < -0.39 is 20.9 Å². The Morgan fingerprint density at radius 3 is 2.23 bits per heavy atom. The van der Waals surface area contributed by atoms with Crippen LogP contribution in [-0.4, -0.2) is 44.7 Å². The zero-order chi connectivity index (χ0) is 19.5. The van der Waals surface area contributed by atoms with Gasteiger partial charge in [-0.15, -0.1) is 0 Å². The Balaban J connectivity index is 2.23. The Morgan fingerprint density at radius 2 is 1.73 bits per heavy atom. The van der Waals surface area contributed by atoms with E-state index in [-0.39, 0.29) is 16.1 Å². The number of nitro benzene ring substituents is 1. The average Bonchev–Trinajstić information content (AvgIpc) is 2.61. The van der Waals surface area contributed by atoms with E-state index >= 15 is 0 Å². The third-order valence-corrected chi connectivity index (χ3v) is 5.45. The van der Waals surface area contributed by atoms with Crippen molar-refractivity contribution in [2.24, 2.45) is 0 Å². The summed E-state index contributed by atoms with van der Waals surface area (Å²) in [6.07, 6.45) is 0. The first kappa shape index (κ1) is 19.3. The highest BCUT2D eigenvalue weighted by Gasteiger charge is 2.18. The number of carbonyl (C=O) groups excluding carboxylic acids is 1. The summed E-state index contributed by atoms with van der Waals surface area (Å²) < 4.78 is 25.1. The zero-order valence-electron chi connectivity index (χ0n) is 14.4. The topological polar surface area (TPSA) is 122 Å². The maximum atomic E-state index is 12.3. The summed E-state index contributed by atoms with van der Waals surface area (Å²) in [5.74, 6) is -0.543. The summed E-state index contributed by atoms with van der Waals surface area (Å²) in [7, 11) is 0.835. The summed E-state index contributed by atoms with van der Waals surface area (Å²) in [5.41, 5.74) is 0.561. The fourth-order valence-electron chi connectivity index (χ4n) is 2.16. The molecule has 0 aliphatic heterocycles. The fraction of sp³-hybridized carbons (Fsp3) is 0.188. The number of sulfonamides is 1. The molecule has 10 heteroatoms. The minimum absolute atomic E-state index is 0.0921. The predicted molar refractivity (Wildman–Crippen MR) is 97.9 cm³/mol. The molecule has 0 atom stereocenters. The standard InChI is InChI=1S/C16H18N4O5S/c1-17-14-9-4-11(10-15(14)20(22)23)16(21)18-12-5-7-13(8-6-12)26(24,25)19(2)3/h4-10,17H,1-3H3,(H,18,21). The SMILES string of the molecule is CNc1ccc(C(=O)Nc2ccc(S(=O)(=O)N(C)C)cc2)cc1[N+](=O)[O-]. The van der Waals surface area contributed by atoms with Crippen LogP contribution in [-0.2, 0) is 10.0 Å². The molecule has 1 amide bonds. The number of benzene rings is 2. The molecule has 2 aromatic rings. The van der Waals surface area contributed by atoms with Crippen LogP contribution in [0.1, 0.15) is 10.4 Å². The lowest BCUT2D eigenvalue weighted by atomic mass is 10.1. The lowest BCUT2D eigenvalue weighted by Crippen LogP contribution is -2.22. The van der Waals surface area contributed by atoms with Crippen molar-refractivity contribution in [3.8, 4) is 0 Å². The first-order valence-corrected chi connectivity index (χ1v) is 8.91. The van der Waals surface area contributed by atoms with Crippen molar-refractivity contribution < 1.29 is 18.1 Å². The Labute approximate surface area is 150 Å². The van der Waals surface area contributed by atoms with Crippen molar-refractivity contribution in [3.63, 3.8) is 0 Å². The summed E-state index contributed by atoms with van der Waals surface area (Å²) in [6.45, 7) is 0. The molecule has 0 saturated heterocycles. The molecule has 0 radical (unpaired) electrons. The second kappa shape index (κ2) is 7.50. The smallest absolute Gasteiger partial charge is 0.293 e. The van der Waals surface area contributed by atoms with Crippen molar-refractivity contribution in [1.82, 2.24) is 4.31 Å². The molecule has 0 aliphatic carbocycles. The molecule has 0 saturated carbocycles. The van der Waals surface area contributed by atoms with E-state index in [4.69, 9.17) is 0 Å². The maximum Gasteiger partial charge on any atom is 0.293 e. The Bertz CT molecular complexity index is 940. The molecule has 138 valence electrons. The number of rotatable bonds is 6. The van der Waals surface area contributed by atoms with Gasteiger partial charge in [-0.1, -0.05) is 0 Å². The molecule has 9 nitrogen and oxygen atoms in total. The van der Waals surface area contributed by atoms with Gasteiger partial charge in [-0.2, -0.15) is 0 Å². The van der Waals surface area contributed by atoms with E-state index in [1.165, 1.54) is 56.6 Å². The number of nitrogens with one attached hydrogen (secondary N) is 2. The highest BCUT2D eigenvalue weighted by molar-refractivity contribution is 7.89. The molecule has 26 heavy (non-hydrogen) atoms. The molecule has 2 aromatic carbocycles. The van der Waals surface area contributed by atoms with Gasteiger partial charge >= 0.3 is 0 Å². The largest absolute Gasteiger partial charge is 0.383 e. The third kappa shape index (κ3) is 3.98. The molecule has 0 aromatic heterocycles. The van der Waals surface area contributed by atoms with Crippen molar-refractivity contribution in [2.75, 3.05) is 31.8 Å². The highest BCUT2D eigenvalue weighted by atomic mass is 32.2. The Hall–Kier alpha value is -2.98. The highest BCUT2D eigenvalue weighted by Crippen LogP contribution is 2.25. The number of hydrogen-bond acceptors (Lipinski definition) is 6. The monoisotopic (exact) mass is 378 g/mol. The maximum absolute atomic E-state index is 12.3. The van der Waals surface area contributed by atoms with Crippen LogP contribution in [0.4, 0.5) is 17.1 Å². The summed E-state index contributed by atoms with van der Waals surface area (Å²) in [6, 6.07) is 9.72. The van der Waals surface area contributed by atoms with Gasteiger partial charge in [-0.05, 0) is 36.4 Å². The number of amides is 1. The quantitative estimate of drug-likeness (QED) is 0.587. The summed E-state index contributed by atoms with van der Waals surface area (Å²) in [5, 5.41) is 16.3. The normalized spacial score (nSPS) is 11.2. The lowest BCUT2D eigenvalue weighted by Gasteiger charge is -2.12. The minimum atomic E-state index is -3.56. The van der Waals surface area contributed by atoms with E-state index in [1.807, 2.05) is 0 Å². The van der Waals surface area contributed by atoms with Crippen LogP contribution < -0.4 is 10.6 Å². The third-order valence-electron chi connectivity index (χ3n) is 3.62. The van der Waals surface area contributed by atoms with Gasteiger partial charge in [0.05, 0.1) is 9.82 Å². The van der Waals surface area contributed by atoms with Crippen LogP contribution in [0.25, 0.3) is 0 Å². The van der Waals surface area contributed by atoms with Crippen LogP contribution in [0, 0.1) is 10.1 Å². The first-order chi connectivity index (χ1) is 12.2. The van der Waals surface area contributed by atoms with Crippen molar-refractivity contribution in [1.29, 1.82) is 0 Å². The van der Waals surface area contributed by atoms with Crippen molar-refractivity contribution >= 4 is 33.0 Å². The van der Waals surface area contributed by atoms with Gasteiger partial charge in [0.2, 0.25) is 10.0 Å². The van der Waals surface area contributed by atoms with Gasteiger partial charge in [0.15, 0.2) is 0 Å². The Morgan fingerprint density at radius 1 is 1.12 bits per heavy atom.